The molecule has 5 heteroatoms. The van der Waals surface area contributed by atoms with E-state index in [0.29, 0.717) is 13.2 Å². The maximum atomic E-state index is 12.5. The predicted octanol–water partition coefficient (Wildman–Crippen LogP) is 1.93. The van der Waals surface area contributed by atoms with Gasteiger partial charge in [0.15, 0.2) is 0 Å². The lowest BCUT2D eigenvalue weighted by molar-refractivity contribution is -0.0171. The van der Waals surface area contributed by atoms with E-state index in [1.54, 1.807) is 4.31 Å². The summed E-state index contributed by atoms with van der Waals surface area (Å²) in [5, 5.41) is 0. The molecule has 19 heavy (non-hydrogen) atoms. The van der Waals surface area contributed by atoms with Crippen molar-refractivity contribution in [3.8, 4) is 0 Å². The lowest BCUT2D eigenvalue weighted by Crippen LogP contribution is -2.50. The van der Waals surface area contributed by atoms with E-state index >= 15 is 0 Å². The van der Waals surface area contributed by atoms with Gasteiger partial charge in [-0.15, -0.1) is 0 Å². The van der Waals surface area contributed by atoms with Crippen molar-refractivity contribution in [2.24, 2.45) is 0 Å². The molecule has 0 radical (unpaired) electrons. The van der Waals surface area contributed by atoms with Gasteiger partial charge in [0.2, 0.25) is 10.0 Å². The topological polar surface area (TPSA) is 46.6 Å². The summed E-state index contributed by atoms with van der Waals surface area (Å²) >= 11 is 0. The van der Waals surface area contributed by atoms with Crippen LogP contribution in [-0.2, 0) is 20.5 Å². The first-order chi connectivity index (χ1) is 8.88. The van der Waals surface area contributed by atoms with Gasteiger partial charge in [-0.2, -0.15) is 4.31 Å². The smallest absolute Gasteiger partial charge is 0.218 e. The van der Waals surface area contributed by atoms with Crippen molar-refractivity contribution in [2.45, 2.75) is 38.7 Å². The van der Waals surface area contributed by atoms with Crippen LogP contribution in [0.25, 0.3) is 0 Å². The van der Waals surface area contributed by atoms with Gasteiger partial charge in [0.1, 0.15) is 0 Å². The number of nitrogens with zero attached hydrogens (tertiary/aromatic N) is 1. The number of aryl methyl sites for hydroxylation is 1. The van der Waals surface area contributed by atoms with Crippen molar-refractivity contribution in [1.82, 2.24) is 4.31 Å². The fourth-order valence-corrected chi connectivity index (χ4v) is 4.06. The van der Waals surface area contributed by atoms with Crippen molar-refractivity contribution in [3.05, 3.63) is 35.4 Å². The Morgan fingerprint density at radius 1 is 1.26 bits per heavy atom. The number of rotatable bonds is 3. The SMILES string of the molecule is Cc1ccc(CS(=O)(=O)N2CC(C)OCC2C)cc1. The molecule has 1 saturated heterocycles. The minimum atomic E-state index is -3.28. The molecule has 0 spiro atoms. The molecule has 1 fully saturated rings. The average molecular weight is 283 g/mol. The number of hydrogen-bond acceptors (Lipinski definition) is 3. The van der Waals surface area contributed by atoms with Crippen LogP contribution in [0, 0.1) is 6.92 Å². The summed E-state index contributed by atoms with van der Waals surface area (Å²) in [6, 6.07) is 7.54. The van der Waals surface area contributed by atoms with Crippen LogP contribution in [-0.4, -0.2) is 38.0 Å². The van der Waals surface area contributed by atoms with E-state index < -0.39 is 10.0 Å². The zero-order valence-corrected chi connectivity index (χ0v) is 12.5. The lowest BCUT2D eigenvalue weighted by Gasteiger charge is -2.35. The van der Waals surface area contributed by atoms with Gasteiger partial charge < -0.3 is 4.74 Å². The molecule has 1 heterocycles. The van der Waals surface area contributed by atoms with Crippen LogP contribution in [0.5, 0.6) is 0 Å². The van der Waals surface area contributed by atoms with E-state index in [1.165, 1.54) is 0 Å². The Labute approximate surface area is 115 Å². The quantitative estimate of drug-likeness (QED) is 0.851. The first-order valence-corrected chi connectivity index (χ1v) is 8.16. The van der Waals surface area contributed by atoms with Crippen molar-refractivity contribution in [1.29, 1.82) is 0 Å². The highest BCUT2D eigenvalue weighted by molar-refractivity contribution is 7.88. The molecule has 0 aromatic heterocycles. The first kappa shape index (κ1) is 14.5. The molecule has 0 N–H and O–H groups in total. The van der Waals surface area contributed by atoms with Gasteiger partial charge in [-0.1, -0.05) is 29.8 Å². The minimum absolute atomic E-state index is 0.0380. The van der Waals surface area contributed by atoms with Gasteiger partial charge in [0.05, 0.1) is 18.5 Å². The Morgan fingerprint density at radius 2 is 1.89 bits per heavy atom. The van der Waals surface area contributed by atoms with E-state index in [0.717, 1.165) is 11.1 Å². The molecule has 1 aromatic rings. The van der Waals surface area contributed by atoms with Gasteiger partial charge >= 0.3 is 0 Å². The zero-order valence-electron chi connectivity index (χ0n) is 11.7. The van der Waals surface area contributed by atoms with E-state index in [4.69, 9.17) is 4.74 Å². The highest BCUT2D eigenvalue weighted by Gasteiger charge is 2.32. The normalized spacial score (nSPS) is 25.4. The van der Waals surface area contributed by atoms with E-state index in [1.807, 2.05) is 45.0 Å². The van der Waals surface area contributed by atoms with Gasteiger partial charge in [0.25, 0.3) is 0 Å². The summed E-state index contributed by atoms with van der Waals surface area (Å²) < 4.78 is 32.0. The van der Waals surface area contributed by atoms with Crippen molar-refractivity contribution < 1.29 is 13.2 Å². The average Bonchev–Trinajstić information content (AvgIpc) is 2.35. The van der Waals surface area contributed by atoms with Crippen LogP contribution < -0.4 is 0 Å². The Morgan fingerprint density at radius 3 is 2.53 bits per heavy atom. The molecule has 106 valence electrons. The molecule has 0 saturated carbocycles. The lowest BCUT2D eigenvalue weighted by atomic mass is 10.2. The molecule has 2 atom stereocenters. The number of morpholine rings is 1. The third-order valence-electron chi connectivity index (χ3n) is 3.38. The third-order valence-corrected chi connectivity index (χ3v) is 5.30. The Balaban J connectivity index is 2.15. The summed E-state index contributed by atoms with van der Waals surface area (Å²) in [6.07, 6.45) is -0.0380. The summed E-state index contributed by atoms with van der Waals surface area (Å²) in [5.74, 6) is 0.0599. The fraction of sp³-hybridized carbons (Fsp3) is 0.571. The Bertz CT molecular complexity index is 524. The number of hydrogen-bond donors (Lipinski definition) is 0. The molecule has 0 aliphatic carbocycles. The standard InChI is InChI=1S/C14H21NO3S/c1-11-4-6-14(7-5-11)10-19(16,17)15-8-13(3)18-9-12(15)2/h4-7,12-13H,8-10H2,1-3H3. The second-order valence-corrected chi connectivity index (χ2v) is 7.23. The van der Waals surface area contributed by atoms with Crippen molar-refractivity contribution in [3.63, 3.8) is 0 Å². The largest absolute Gasteiger partial charge is 0.375 e. The number of benzene rings is 1. The molecular formula is C14H21NO3S. The van der Waals surface area contributed by atoms with E-state index in [2.05, 4.69) is 0 Å². The van der Waals surface area contributed by atoms with E-state index in [9.17, 15) is 8.42 Å². The summed E-state index contributed by atoms with van der Waals surface area (Å²) in [5.41, 5.74) is 1.96. The molecule has 2 rings (SSSR count). The summed E-state index contributed by atoms with van der Waals surface area (Å²) in [4.78, 5) is 0. The molecule has 1 aliphatic rings. The molecule has 1 aliphatic heterocycles. The number of ether oxygens (including phenoxy) is 1. The molecule has 0 bridgehead atoms. The molecule has 0 amide bonds. The predicted molar refractivity (Wildman–Crippen MR) is 75.4 cm³/mol. The van der Waals surface area contributed by atoms with Crippen LogP contribution in [0.1, 0.15) is 25.0 Å². The minimum Gasteiger partial charge on any atom is -0.375 e. The van der Waals surface area contributed by atoms with Crippen molar-refractivity contribution in [2.75, 3.05) is 13.2 Å². The monoisotopic (exact) mass is 283 g/mol. The van der Waals surface area contributed by atoms with Gasteiger partial charge in [-0.05, 0) is 26.3 Å². The summed E-state index contributed by atoms with van der Waals surface area (Å²) in [6.45, 7) is 6.69. The first-order valence-electron chi connectivity index (χ1n) is 6.55. The van der Waals surface area contributed by atoms with Crippen LogP contribution in [0.4, 0.5) is 0 Å². The highest BCUT2D eigenvalue weighted by Crippen LogP contribution is 2.19. The number of sulfonamides is 1. The second-order valence-electron chi connectivity index (χ2n) is 5.30. The highest BCUT2D eigenvalue weighted by atomic mass is 32.2. The Hall–Kier alpha value is -0.910. The molecule has 2 unspecified atom stereocenters. The van der Waals surface area contributed by atoms with Crippen LogP contribution in [0.2, 0.25) is 0 Å². The van der Waals surface area contributed by atoms with Crippen LogP contribution in [0.15, 0.2) is 24.3 Å². The van der Waals surface area contributed by atoms with E-state index in [-0.39, 0.29) is 17.9 Å². The zero-order chi connectivity index (χ0) is 14.0. The third kappa shape index (κ3) is 3.55. The summed E-state index contributed by atoms with van der Waals surface area (Å²) in [7, 11) is -3.28. The molecule has 1 aromatic carbocycles. The fourth-order valence-electron chi connectivity index (χ4n) is 2.24. The van der Waals surface area contributed by atoms with Gasteiger partial charge in [-0.3, -0.25) is 0 Å². The molecule has 4 nitrogen and oxygen atoms in total. The van der Waals surface area contributed by atoms with Crippen LogP contribution >= 0.6 is 0 Å². The Kier molecular flexibility index (Phi) is 4.28. The second kappa shape index (κ2) is 5.61. The maximum absolute atomic E-state index is 12.5. The van der Waals surface area contributed by atoms with Crippen LogP contribution in [0.3, 0.4) is 0 Å². The maximum Gasteiger partial charge on any atom is 0.218 e. The van der Waals surface area contributed by atoms with Crippen molar-refractivity contribution >= 4 is 10.0 Å². The molecular weight excluding hydrogens is 262 g/mol. The van der Waals surface area contributed by atoms with Gasteiger partial charge in [-0.25, -0.2) is 8.42 Å². The van der Waals surface area contributed by atoms with Gasteiger partial charge in [0, 0.05) is 12.6 Å².